The third-order valence-corrected chi connectivity index (χ3v) is 13.7. The number of nitrogens with zero attached hydrogens (tertiary/aromatic N) is 5. The Morgan fingerprint density at radius 1 is 0.972 bits per heavy atom. The number of fused-ring (bicyclic) bond motifs is 15. The number of aromatic nitrogens is 4. The quantitative estimate of drug-likeness (QED) is 0.0416. The molecule has 2 aromatic heterocycles. The van der Waals surface area contributed by atoms with Crippen LogP contribution in [0.15, 0.2) is 47.6 Å². The number of hydrazone groups is 1. The van der Waals surface area contributed by atoms with Crippen molar-refractivity contribution in [2.24, 2.45) is 28.8 Å². The third kappa shape index (κ3) is 9.37. The van der Waals surface area contributed by atoms with Crippen LogP contribution in [0.3, 0.4) is 0 Å². The second-order valence-corrected chi connectivity index (χ2v) is 18.5. The summed E-state index contributed by atoms with van der Waals surface area (Å²) < 4.78 is 30.6. The third-order valence-electron chi connectivity index (χ3n) is 13.7. The van der Waals surface area contributed by atoms with Gasteiger partial charge in [0.1, 0.15) is 48.0 Å². The van der Waals surface area contributed by atoms with Gasteiger partial charge in [0, 0.05) is 61.2 Å². The molecule has 72 heavy (non-hydrogen) atoms. The first-order valence-corrected chi connectivity index (χ1v) is 23.0. The second kappa shape index (κ2) is 20.7. The van der Waals surface area contributed by atoms with Crippen molar-refractivity contribution < 1.29 is 78.9 Å². The van der Waals surface area contributed by atoms with Crippen LogP contribution in [0.5, 0.6) is 23.0 Å². The molecule has 5 bridgehead atoms. The molecule has 0 spiro atoms. The highest BCUT2D eigenvalue weighted by atomic mass is 16.7. The van der Waals surface area contributed by atoms with E-state index in [1.54, 1.807) is 33.8 Å². The maximum atomic E-state index is 14.7. The molecule has 13 unspecified atom stereocenters. The van der Waals surface area contributed by atoms with Crippen LogP contribution in [-0.4, -0.2) is 146 Å². The van der Waals surface area contributed by atoms with Crippen molar-refractivity contribution in [3.05, 3.63) is 59.2 Å². The van der Waals surface area contributed by atoms with Gasteiger partial charge in [0.05, 0.1) is 59.6 Å². The lowest BCUT2D eigenvalue weighted by molar-refractivity contribution is -0.160. The number of aliphatic hydroxyl groups excluding tert-OH is 5. The number of hydrogen-bond donors (Lipinski definition) is 11. The Morgan fingerprint density at radius 3 is 2.33 bits per heavy atom. The summed E-state index contributed by atoms with van der Waals surface area (Å²) in [6.07, 6.45) is -0.801. The number of rotatable bonds is 7. The van der Waals surface area contributed by atoms with Crippen LogP contribution in [0.1, 0.15) is 76.2 Å². The van der Waals surface area contributed by atoms with Gasteiger partial charge in [-0.05, 0) is 19.9 Å². The lowest BCUT2D eigenvalue weighted by Gasteiger charge is -2.38. The number of phenolic OH excluding ortho intramolecular Hbond substituents is 3. The number of amides is 1. The molecule has 1 amide bonds. The number of aliphatic hydroxyl groups is 5. The van der Waals surface area contributed by atoms with Crippen LogP contribution in [0.25, 0.3) is 21.9 Å². The second-order valence-electron chi connectivity index (χ2n) is 18.5. The van der Waals surface area contributed by atoms with Crippen molar-refractivity contribution in [3.63, 3.8) is 0 Å². The number of aromatic hydroxyl groups is 3. The normalized spacial score (nSPS) is 31.4. The van der Waals surface area contributed by atoms with Crippen molar-refractivity contribution in [1.82, 2.24) is 19.5 Å². The van der Waals surface area contributed by atoms with E-state index in [1.165, 1.54) is 57.6 Å². The van der Waals surface area contributed by atoms with E-state index in [0.29, 0.717) is 0 Å². The van der Waals surface area contributed by atoms with Gasteiger partial charge in [0.15, 0.2) is 29.0 Å². The van der Waals surface area contributed by atoms with Gasteiger partial charge < -0.3 is 75.6 Å². The van der Waals surface area contributed by atoms with Crippen LogP contribution >= 0.6 is 0 Å². The minimum Gasteiger partial charge on any atom is -0.507 e. The van der Waals surface area contributed by atoms with E-state index in [0.717, 1.165) is 18.8 Å². The van der Waals surface area contributed by atoms with Gasteiger partial charge >= 0.3 is 11.8 Å². The molecular formula is C48H60N8O16. The highest BCUT2D eigenvalue weighted by Gasteiger charge is 2.50. The van der Waals surface area contributed by atoms with Crippen molar-refractivity contribution in [3.8, 4) is 23.0 Å². The zero-order valence-electron chi connectivity index (χ0n) is 40.8. The Kier molecular flexibility index (Phi) is 15.2. The van der Waals surface area contributed by atoms with Crippen LogP contribution in [0.4, 0.5) is 17.5 Å². The highest BCUT2D eigenvalue weighted by Crippen LogP contribution is 2.55. The molecule has 1 fully saturated rings. The number of methoxy groups -OCH3 is 1. The van der Waals surface area contributed by atoms with Gasteiger partial charge in [-0.2, -0.15) is 5.10 Å². The number of benzene rings is 2. The number of hydrogen-bond acceptors (Lipinski definition) is 22. The van der Waals surface area contributed by atoms with Gasteiger partial charge in [-0.1, -0.05) is 45.9 Å². The van der Waals surface area contributed by atoms with Crippen LogP contribution in [0, 0.1) is 30.6 Å². The molecular weight excluding hydrogens is 945 g/mol. The highest BCUT2D eigenvalue weighted by molar-refractivity contribution is 6.24. The number of allylic oxidation sites excluding steroid dienone is 2. The van der Waals surface area contributed by atoms with E-state index in [1.807, 2.05) is 0 Å². The molecule has 2 aromatic carbocycles. The van der Waals surface area contributed by atoms with E-state index < -0.39 is 142 Å². The Bertz CT molecular complexity index is 2900. The Hall–Kier alpha value is -6.93. The summed E-state index contributed by atoms with van der Waals surface area (Å²) in [4.78, 5) is 53.7. The fourth-order valence-electron chi connectivity index (χ4n) is 9.37. The fourth-order valence-corrected chi connectivity index (χ4v) is 9.37. The zero-order chi connectivity index (χ0) is 52.8. The number of ketones is 1. The number of carbonyl (C=O) groups excluding carboxylic acids is 3. The van der Waals surface area contributed by atoms with Gasteiger partial charge in [0.25, 0.3) is 11.7 Å². The largest absolute Gasteiger partial charge is 0.507 e. The summed E-state index contributed by atoms with van der Waals surface area (Å²) >= 11 is 0. The van der Waals surface area contributed by atoms with Crippen LogP contribution < -0.4 is 21.2 Å². The van der Waals surface area contributed by atoms with E-state index >= 15 is 0 Å². The minimum absolute atomic E-state index is 0.00991. The first kappa shape index (κ1) is 52.9. The first-order chi connectivity index (χ1) is 34.0. The van der Waals surface area contributed by atoms with Crippen molar-refractivity contribution in [1.29, 1.82) is 0 Å². The van der Waals surface area contributed by atoms with Gasteiger partial charge in [-0.15, -0.1) is 0 Å². The standard InChI is InChI=1S/C48H60N8O16/c1-18-11-10-12-19(2)45(67)53-31-25(15-52-55-47-54-32-43(49)50-17-51-44(32)56(47)46-39(65)37(63)27(16-57)71-46)36(62)28-29(38(31)64)35(61)23(6)41-30(28)42(66)48(8,72-41)69-14-13-26(68-9)20(3)40(70-24(7)58)22(5)34(60)21(4)33(18)59/h10-15,17-18,20-22,26-27,33-34,37,39-40,46,57,59-65H,16H2,1-9H3,(H,53,67)(H,54,55)(H2,49,50,51)/b11-10+,14-13+,19-12?,52-15+. The lowest BCUT2D eigenvalue weighted by atomic mass is 9.78. The molecule has 1 saturated heterocycles. The van der Waals surface area contributed by atoms with Crippen LogP contribution in [-0.2, 0) is 28.5 Å². The SMILES string of the molecule is COC1/C=C/OC2(C)Oc3c(C)c(O)c4c(O)c(c(/C=N/Nc5nc6c(N)ncnc6n5C5OC(CO)C(O)C5O)c(O)c4c3C2=O)NC(=O)C(C)=C/C=C/C(C)C(O)C(C)C(O)C(C)C(OC(C)=O)C1C. The lowest BCUT2D eigenvalue weighted by Crippen LogP contribution is -2.46. The minimum atomic E-state index is -2.18. The van der Waals surface area contributed by atoms with E-state index in [9.17, 15) is 55.2 Å². The molecule has 0 radical (unpaired) electrons. The average molecular weight is 1010 g/mol. The molecule has 388 valence electrons. The summed E-state index contributed by atoms with van der Waals surface area (Å²) in [6.45, 7) is 11.4. The number of phenols is 3. The van der Waals surface area contributed by atoms with E-state index in [2.05, 4.69) is 30.8 Å². The molecule has 0 aliphatic carbocycles. The average Bonchev–Trinajstić information content (AvgIpc) is 3.95. The maximum Gasteiger partial charge on any atom is 0.312 e. The molecule has 4 aromatic rings. The van der Waals surface area contributed by atoms with Gasteiger partial charge in [-0.3, -0.25) is 19.0 Å². The molecule has 0 saturated carbocycles. The number of esters is 1. The summed E-state index contributed by atoms with van der Waals surface area (Å²) in [5, 5.41) is 96.6. The van der Waals surface area contributed by atoms with Gasteiger partial charge in [0.2, 0.25) is 5.95 Å². The zero-order valence-corrected chi connectivity index (χ0v) is 40.8. The summed E-state index contributed by atoms with van der Waals surface area (Å²) in [6, 6.07) is 0. The smallest absolute Gasteiger partial charge is 0.312 e. The maximum absolute atomic E-state index is 14.7. The molecule has 24 heteroatoms. The molecule has 13 atom stereocenters. The topological polar surface area (TPSA) is 365 Å². The Balaban J connectivity index is 1.39. The van der Waals surface area contributed by atoms with E-state index in [4.69, 9.17) is 29.4 Å². The Labute approximate surface area is 412 Å². The number of anilines is 3. The molecule has 24 nitrogen and oxygen atoms in total. The van der Waals surface area contributed by atoms with Crippen LogP contribution in [0.2, 0.25) is 0 Å². The molecule has 8 rings (SSSR count). The number of ether oxygens (including phenoxy) is 5. The number of Topliss-reactive ketones (excluding diaryl/α,β-unsaturated/α-hetero) is 1. The summed E-state index contributed by atoms with van der Waals surface area (Å²) in [5.74, 6) is -10.1. The van der Waals surface area contributed by atoms with Crippen molar-refractivity contribution >= 4 is 63.3 Å². The number of nitrogens with one attached hydrogen (secondary N) is 2. The summed E-state index contributed by atoms with van der Waals surface area (Å²) in [5.41, 5.74) is 7.50. The van der Waals surface area contributed by atoms with Crippen molar-refractivity contribution in [2.75, 3.05) is 30.2 Å². The van der Waals surface area contributed by atoms with E-state index in [-0.39, 0.29) is 45.4 Å². The molecule has 6 heterocycles. The Morgan fingerprint density at radius 2 is 1.68 bits per heavy atom. The number of nitrogens with two attached hydrogens (primary N) is 1. The predicted molar refractivity (Wildman–Crippen MR) is 258 cm³/mol. The molecule has 12 N–H and O–H groups in total. The molecule has 4 aliphatic rings. The fraction of sp³-hybridized carbons (Fsp3) is 0.479. The first-order valence-electron chi connectivity index (χ1n) is 23.0. The summed E-state index contributed by atoms with van der Waals surface area (Å²) in [7, 11) is 1.39. The number of carbonyl (C=O) groups is 3. The number of imidazole rings is 1. The predicted octanol–water partition coefficient (Wildman–Crippen LogP) is 2.53. The van der Waals surface area contributed by atoms with Crippen molar-refractivity contribution in [2.45, 2.75) is 110 Å². The monoisotopic (exact) mass is 1000 g/mol. The van der Waals surface area contributed by atoms with Gasteiger partial charge in [-0.25, -0.2) is 20.4 Å². The molecule has 4 aliphatic heterocycles. The number of nitrogen functional groups attached to an aromatic ring is 1.